The number of carbonyl (C=O) groups is 2. The van der Waals surface area contributed by atoms with E-state index >= 15 is 0 Å². The maximum Gasteiger partial charge on any atom is 0.305 e. The molecule has 12 atom stereocenters. The Morgan fingerprint density at radius 2 is 1.13 bits per heavy atom. The van der Waals surface area contributed by atoms with Gasteiger partial charge >= 0.3 is 11.9 Å². The number of esters is 2. The van der Waals surface area contributed by atoms with Crippen LogP contribution in [0.1, 0.15) is 39.5 Å². The summed E-state index contributed by atoms with van der Waals surface area (Å²) in [5, 5.41) is 52.0. The van der Waals surface area contributed by atoms with Gasteiger partial charge in [-0.1, -0.05) is 13.8 Å². The van der Waals surface area contributed by atoms with Crippen LogP contribution in [0.2, 0.25) is 0 Å². The van der Waals surface area contributed by atoms with Crippen LogP contribution in [-0.4, -0.2) is 138 Å². The monoisotopic (exact) mass is 568 g/mol. The molecule has 39 heavy (non-hydrogen) atoms. The topological polar surface area (TPSA) is 209 Å². The van der Waals surface area contributed by atoms with E-state index in [9.17, 15) is 35.1 Å². The minimum absolute atomic E-state index is 0.193. The van der Waals surface area contributed by atoms with Crippen molar-refractivity contribution < 1.29 is 73.0 Å². The van der Waals surface area contributed by atoms with Gasteiger partial charge in [0, 0.05) is 20.0 Å². The predicted octanol–water partition coefficient (Wildman–Crippen LogP) is -2.30. The Balaban J connectivity index is 1.56. The fourth-order valence-electron chi connectivity index (χ4n) is 4.40. The molecule has 0 radical (unpaired) electrons. The summed E-state index contributed by atoms with van der Waals surface area (Å²) < 4.78 is 43.2. The molecule has 0 unspecified atom stereocenters. The second-order valence-corrected chi connectivity index (χ2v) is 9.62. The molecule has 0 saturated carbocycles. The summed E-state index contributed by atoms with van der Waals surface area (Å²) in [6, 6.07) is 0. The second kappa shape index (κ2) is 14.9. The first-order valence-electron chi connectivity index (χ1n) is 13.1. The molecule has 0 aromatic heterocycles. The Morgan fingerprint density at radius 1 is 0.641 bits per heavy atom. The molecule has 3 fully saturated rings. The van der Waals surface area contributed by atoms with Crippen LogP contribution in [0.4, 0.5) is 0 Å². The third-order valence-corrected chi connectivity index (χ3v) is 6.60. The first kappa shape index (κ1) is 32.0. The van der Waals surface area contributed by atoms with Crippen molar-refractivity contribution in [2.24, 2.45) is 0 Å². The molecule has 3 heterocycles. The van der Waals surface area contributed by atoms with Crippen LogP contribution in [0.5, 0.6) is 0 Å². The summed E-state index contributed by atoms with van der Waals surface area (Å²) in [7, 11) is 1.30. The van der Waals surface area contributed by atoms with Crippen LogP contribution in [0.3, 0.4) is 0 Å². The van der Waals surface area contributed by atoms with Gasteiger partial charge in [0.2, 0.25) is 0 Å². The van der Waals surface area contributed by atoms with E-state index in [4.69, 9.17) is 37.9 Å². The predicted molar refractivity (Wildman–Crippen MR) is 126 cm³/mol. The minimum Gasteiger partial charge on any atom is -0.463 e. The van der Waals surface area contributed by atoms with Crippen molar-refractivity contribution in [3.05, 3.63) is 0 Å². The SMILES string of the molecule is CCCC(=O)OC[C@H]1O[C@H](OC[C@H]2O[C@H](OC)[C@@H](O)[C@@H]2O[C@H]2O[C@H](COC(=O)CCC)[C@@H](O)[C@@H]2O)[C@@H](O)[C@@H]1O. The van der Waals surface area contributed by atoms with E-state index in [1.165, 1.54) is 7.11 Å². The van der Waals surface area contributed by atoms with E-state index in [-0.39, 0.29) is 32.7 Å². The molecule has 226 valence electrons. The van der Waals surface area contributed by atoms with E-state index in [0.29, 0.717) is 12.8 Å². The molecule has 0 aromatic rings. The molecule has 0 spiro atoms. The van der Waals surface area contributed by atoms with Gasteiger partial charge in [0.1, 0.15) is 68.1 Å². The molecule has 15 heteroatoms. The number of rotatable bonds is 14. The smallest absolute Gasteiger partial charge is 0.305 e. The van der Waals surface area contributed by atoms with E-state index < -0.39 is 85.7 Å². The van der Waals surface area contributed by atoms with Crippen LogP contribution >= 0.6 is 0 Å². The molecular weight excluding hydrogens is 528 g/mol. The Kier molecular flexibility index (Phi) is 12.3. The average Bonchev–Trinajstić information content (AvgIpc) is 3.47. The molecule has 5 N–H and O–H groups in total. The molecule has 0 aromatic carbocycles. The molecular formula is C24H40O15. The van der Waals surface area contributed by atoms with Crippen molar-refractivity contribution in [1.29, 1.82) is 0 Å². The lowest BCUT2D eigenvalue weighted by atomic mass is 10.1. The maximum atomic E-state index is 11.6. The van der Waals surface area contributed by atoms with Crippen LogP contribution in [0.15, 0.2) is 0 Å². The zero-order chi connectivity index (χ0) is 28.7. The zero-order valence-corrected chi connectivity index (χ0v) is 22.2. The quantitative estimate of drug-likeness (QED) is 0.140. The van der Waals surface area contributed by atoms with Crippen molar-refractivity contribution in [1.82, 2.24) is 0 Å². The molecule has 3 aliphatic rings. The highest BCUT2D eigenvalue weighted by Crippen LogP contribution is 2.32. The molecule has 3 aliphatic heterocycles. The highest BCUT2D eigenvalue weighted by molar-refractivity contribution is 5.69. The Labute approximate surface area is 225 Å². The third-order valence-electron chi connectivity index (χ3n) is 6.60. The van der Waals surface area contributed by atoms with E-state index in [1.807, 2.05) is 13.8 Å². The van der Waals surface area contributed by atoms with Crippen molar-refractivity contribution in [3.8, 4) is 0 Å². The standard InChI is InChI=1S/C24H40O15/c1-4-6-14(25)33-8-11-16(27)18(29)23(36-11)35-10-13-21(20(31)22(32-3)38-13)39-24-19(30)17(28)12(37-24)9-34-15(26)7-5-2/h11-13,16-24,27-31H,4-10H2,1-3H3/t11-,12-,13-,16-,17-,18+,19+,20+,21-,22+,23+,24-/m1/s1. The van der Waals surface area contributed by atoms with Crippen LogP contribution < -0.4 is 0 Å². The minimum atomic E-state index is -1.53. The van der Waals surface area contributed by atoms with Crippen LogP contribution in [0, 0.1) is 0 Å². The van der Waals surface area contributed by atoms with Crippen molar-refractivity contribution >= 4 is 11.9 Å². The highest BCUT2D eigenvalue weighted by atomic mass is 16.8. The molecule has 0 aliphatic carbocycles. The first-order valence-corrected chi connectivity index (χ1v) is 13.1. The summed E-state index contributed by atoms with van der Waals surface area (Å²) in [6.07, 6.45) is -13.7. The van der Waals surface area contributed by atoms with Gasteiger partial charge in [-0.15, -0.1) is 0 Å². The van der Waals surface area contributed by atoms with Gasteiger partial charge in [-0.25, -0.2) is 0 Å². The second-order valence-electron chi connectivity index (χ2n) is 9.62. The third kappa shape index (κ3) is 8.04. The normalized spacial score (nSPS) is 40.2. The molecule has 15 nitrogen and oxygen atoms in total. The van der Waals surface area contributed by atoms with E-state index in [2.05, 4.69) is 0 Å². The van der Waals surface area contributed by atoms with Gasteiger partial charge in [-0.05, 0) is 12.8 Å². The summed E-state index contributed by atoms with van der Waals surface area (Å²) in [5.74, 6) is -0.941. The Hall–Kier alpha value is -1.50. The summed E-state index contributed by atoms with van der Waals surface area (Å²) >= 11 is 0. The number of hydrogen-bond acceptors (Lipinski definition) is 15. The largest absolute Gasteiger partial charge is 0.463 e. The number of hydrogen-bond donors (Lipinski definition) is 5. The summed E-state index contributed by atoms with van der Waals surface area (Å²) in [4.78, 5) is 23.3. The summed E-state index contributed by atoms with van der Waals surface area (Å²) in [5.41, 5.74) is 0. The highest BCUT2D eigenvalue weighted by Gasteiger charge is 2.52. The lowest BCUT2D eigenvalue weighted by Crippen LogP contribution is -2.44. The van der Waals surface area contributed by atoms with E-state index in [1.54, 1.807) is 0 Å². The fourth-order valence-corrected chi connectivity index (χ4v) is 4.40. The molecule has 0 bridgehead atoms. The van der Waals surface area contributed by atoms with Gasteiger partial charge in [-0.2, -0.15) is 0 Å². The summed E-state index contributed by atoms with van der Waals surface area (Å²) in [6.45, 7) is 2.72. The van der Waals surface area contributed by atoms with Crippen LogP contribution in [-0.2, 0) is 47.5 Å². The average molecular weight is 569 g/mol. The van der Waals surface area contributed by atoms with Crippen LogP contribution in [0.25, 0.3) is 0 Å². The Morgan fingerprint density at radius 3 is 1.64 bits per heavy atom. The Bertz CT molecular complexity index is 783. The molecule has 0 amide bonds. The number of methoxy groups -OCH3 is 1. The van der Waals surface area contributed by atoms with E-state index in [0.717, 1.165) is 0 Å². The number of ether oxygens (including phenoxy) is 8. The van der Waals surface area contributed by atoms with Gasteiger partial charge < -0.3 is 63.4 Å². The first-order chi connectivity index (χ1) is 18.6. The molecule has 3 saturated heterocycles. The van der Waals surface area contributed by atoms with Crippen molar-refractivity contribution in [2.45, 2.75) is 113 Å². The lowest BCUT2D eigenvalue weighted by molar-refractivity contribution is -0.228. The van der Waals surface area contributed by atoms with Gasteiger partial charge in [-0.3, -0.25) is 9.59 Å². The number of carbonyl (C=O) groups excluding carboxylic acids is 2. The lowest BCUT2D eigenvalue weighted by Gasteiger charge is -2.26. The maximum absolute atomic E-state index is 11.6. The van der Waals surface area contributed by atoms with Gasteiger partial charge in [0.05, 0.1) is 6.61 Å². The fraction of sp³-hybridized carbons (Fsp3) is 0.917. The van der Waals surface area contributed by atoms with Crippen molar-refractivity contribution in [3.63, 3.8) is 0 Å². The number of aliphatic hydroxyl groups excluding tert-OH is 5. The van der Waals surface area contributed by atoms with Crippen molar-refractivity contribution in [2.75, 3.05) is 26.9 Å². The zero-order valence-electron chi connectivity index (χ0n) is 22.2. The van der Waals surface area contributed by atoms with Gasteiger partial charge in [0.25, 0.3) is 0 Å². The number of aliphatic hydroxyl groups is 5. The molecule has 3 rings (SSSR count). The van der Waals surface area contributed by atoms with Gasteiger partial charge in [0.15, 0.2) is 18.9 Å².